The number of para-hydroxylation sites is 1. The third-order valence-electron chi connectivity index (χ3n) is 4.71. The van der Waals surface area contributed by atoms with Crippen molar-refractivity contribution in [2.24, 2.45) is 0 Å². The number of H-pyrrole nitrogens is 1. The molecule has 2 aromatic carbocycles. The lowest BCUT2D eigenvalue weighted by Crippen LogP contribution is -2.36. The maximum atomic E-state index is 12.6. The summed E-state index contributed by atoms with van der Waals surface area (Å²) in [5.41, 5.74) is 6.05. The fourth-order valence-corrected chi connectivity index (χ4v) is 3.37. The first-order valence-corrected chi connectivity index (χ1v) is 8.12. The van der Waals surface area contributed by atoms with Crippen LogP contribution >= 0.6 is 0 Å². The van der Waals surface area contributed by atoms with E-state index in [0.29, 0.717) is 13.0 Å². The van der Waals surface area contributed by atoms with Crippen molar-refractivity contribution < 1.29 is 4.79 Å². The third-order valence-corrected chi connectivity index (χ3v) is 4.71. The van der Waals surface area contributed by atoms with Crippen molar-refractivity contribution in [1.82, 2.24) is 9.88 Å². The van der Waals surface area contributed by atoms with E-state index in [0.717, 1.165) is 18.5 Å². The van der Waals surface area contributed by atoms with Crippen molar-refractivity contribution in [3.63, 3.8) is 0 Å². The van der Waals surface area contributed by atoms with Gasteiger partial charge in [0.05, 0.1) is 6.42 Å². The monoisotopic (exact) mass is 304 g/mol. The first-order chi connectivity index (χ1) is 11.2. The van der Waals surface area contributed by atoms with Gasteiger partial charge >= 0.3 is 0 Å². The number of amides is 1. The Morgan fingerprint density at radius 3 is 2.74 bits per heavy atom. The van der Waals surface area contributed by atoms with Crippen LogP contribution in [0.25, 0.3) is 10.9 Å². The van der Waals surface area contributed by atoms with Gasteiger partial charge in [0.2, 0.25) is 5.91 Å². The maximum absolute atomic E-state index is 12.6. The molecule has 3 nitrogen and oxygen atoms in total. The summed E-state index contributed by atoms with van der Waals surface area (Å²) in [5, 5.41) is 1.25. The Labute approximate surface area is 135 Å². The van der Waals surface area contributed by atoms with E-state index in [-0.39, 0.29) is 5.91 Å². The number of carbonyl (C=O) groups is 1. The van der Waals surface area contributed by atoms with E-state index in [1.54, 1.807) is 0 Å². The normalized spacial score (nSPS) is 14.0. The molecule has 1 N–H and O–H groups in total. The van der Waals surface area contributed by atoms with Gasteiger partial charge in [0.25, 0.3) is 0 Å². The molecule has 0 radical (unpaired) electrons. The van der Waals surface area contributed by atoms with Crippen LogP contribution in [0.1, 0.15) is 22.4 Å². The van der Waals surface area contributed by atoms with Crippen LogP contribution in [0.2, 0.25) is 0 Å². The summed E-state index contributed by atoms with van der Waals surface area (Å²) in [6, 6.07) is 16.6. The van der Waals surface area contributed by atoms with Crippen LogP contribution in [0.3, 0.4) is 0 Å². The number of nitrogens with one attached hydrogen (secondary N) is 1. The van der Waals surface area contributed by atoms with Crippen molar-refractivity contribution in [2.45, 2.75) is 26.3 Å². The topological polar surface area (TPSA) is 36.1 Å². The summed E-state index contributed by atoms with van der Waals surface area (Å²) in [6.45, 7) is 3.57. The lowest BCUT2D eigenvalue weighted by Gasteiger charge is -2.27. The second-order valence-corrected chi connectivity index (χ2v) is 6.36. The number of carbonyl (C=O) groups excluding carboxylic acids is 1. The fourth-order valence-electron chi connectivity index (χ4n) is 3.37. The zero-order valence-electron chi connectivity index (χ0n) is 13.3. The molecular weight excluding hydrogens is 284 g/mol. The lowest BCUT2D eigenvalue weighted by atomic mass is 10.0. The maximum Gasteiger partial charge on any atom is 0.227 e. The number of benzene rings is 2. The molecule has 0 unspecified atom stereocenters. The molecule has 2 heterocycles. The quantitative estimate of drug-likeness (QED) is 0.771. The molecule has 0 atom stereocenters. The number of fused-ring (bicyclic) bond motifs is 3. The van der Waals surface area contributed by atoms with E-state index in [9.17, 15) is 4.79 Å². The minimum absolute atomic E-state index is 0.213. The van der Waals surface area contributed by atoms with Crippen LogP contribution in [0.15, 0.2) is 48.5 Å². The predicted molar refractivity (Wildman–Crippen MR) is 92.3 cm³/mol. The average Bonchev–Trinajstić information content (AvgIpc) is 2.94. The molecule has 1 aliphatic rings. The van der Waals surface area contributed by atoms with Gasteiger partial charge in [0.15, 0.2) is 0 Å². The number of nitrogens with zero attached hydrogens (tertiary/aromatic N) is 1. The summed E-state index contributed by atoms with van der Waals surface area (Å²) >= 11 is 0. The van der Waals surface area contributed by atoms with E-state index in [2.05, 4.69) is 42.2 Å². The van der Waals surface area contributed by atoms with Crippen LogP contribution in [-0.2, 0) is 24.2 Å². The van der Waals surface area contributed by atoms with Crippen molar-refractivity contribution >= 4 is 16.8 Å². The highest BCUT2D eigenvalue weighted by atomic mass is 16.2. The van der Waals surface area contributed by atoms with E-state index < -0.39 is 0 Å². The third kappa shape index (κ3) is 2.63. The van der Waals surface area contributed by atoms with Crippen LogP contribution < -0.4 is 0 Å². The van der Waals surface area contributed by atoms with Gasteiger partial charge in [0.1, 0.15) is 0 Å². The van der Waals surface area contributed by atoms with Crippen LogP contribution in [-0.4, -0.2) is 22.3 Å². The number of aryl methyl sites for hydroxylation is 1. The molecule has 0 fully saturated rings. The SMILES string of the molecule is Cc1ccc(CC(=O)N2CCc3[nH]c4ccccc4c3C2)cc1. The van der Waals surface area contributed by atoms with Gasteiger partial charge in [-0.25, -0.2) is 0 Å². The van der Waals surface area contributed by atoms with Crippen molar-refractivity contribution in [1.29, 1.82) is 0 Å². The summed E-state index contributed by atoms with van der Waals surface area (Å²) < 4.78 is 0. The van der Waals surface area contributed by atoms with Gasteiger partial charge in [-0.15, -0.1) is 0 Å². The van der Waals surface area contributed by atoms with Gasteiger partial charge in [-0.1, -0.05) is 48.0 Å². The Morgan fingerprint density at radius 1 is 1.13 bits per heavy atom. The van der Waals surface area contributed by atoms with E-state index in [4.69, 9.17) is 0 Å². The molecule has 23 heavy (non-hydrogen) atoms. The number of aromatic amines is 1. The number of rotatable bonds is 2. The minimum Gasteiger partial charge on any atom is -0.358 e. The van der Waals surface area contributed by atoms with Crippen molar-refractivity contribution in [2.75, 3.05) is 6.54 Å². The Morgan fingerprint density at radius 2 is 1.91 bits per heavy atom. The van der Waals surface area contributed by atoms with Gasteiger partial charge in [0, 0.05) is 41.7 Å². The number of aromatic nitrogens is 1. The number of hydrogen-bond acceptors (Lipinski definition) is 1. The predicted octanol–water partition coefficient (Wildman–Crippen LogP) is 3.60. The van der Waals surface area contributed by atoms with E-state index in [1.807, 2.05) is 23.1 Å². The molecule has 3 aromatic rings. The molecule has 0 spiro atoms. The zero-order chi connectivity index (χ0) is 15.8. The highest BCUT2D eigenvalue weighted by Crippen LogP contribution is 2.27. The van der Waals surface area contributed by atoms with Gasteiger partial charge in [-0.05, 0) is 18.6 Å². The second kappa shape index (κ2) is 5.58. The molecule has 0 saturated heterocycles. The second-order valence-electron chi connectivity index (χ2n) is 6.36. The van der Waals surface area contributed by atoms with Crippen LogP contribution in [0.5, 0.6) is 0 Å². The minimum atomic E-state index is 0.213. The Hall–Kier alpha value is -2.55. The Balaban J connectivity index is 1.55. The molecule has 0 saturated carbocycles. The summed E-state index contributed by atoms with van der Waals surface area (Å²) in [7, 11) is 0. The molecule has 1 amide bonds. The van der Waals surface area contributed by atoms with Crippen LogP contribution in [0, 0.1) is 6.92 Å². The van der Waals surface area contributed by atoms with E-state index >= 15 is 0 Å². The summed E-state index contributed by atoms with van der Waals surface area (Å²) in [5.74, 6) is 0.213. The summed E-state index contributed by atoms with van der Waals surface area (Å²) in [6.07, 6.45) is 1.39. The molecule has 0 aliphatic carbocycles. The summed E-state index contributed by atoms with van der Waals surface area (Å²) in [4.78, 5) is 18.1. The zero-order valence-corrected chi connectivity index (χ0v) is 13.3. The van der Waals surface area contributed by atoms with Gasteiger partial charge < -0.3 is 9.88 Å². The fraction of sp³-hybridized carbons (Fsp3) is 0.250. The van der Waals surface area contributed by atoms with Crippen molar-refractivity contribution in [3.8, 4) is 0 Å². The molecule has 4 rings (SSSR count). The Bertz CT molecular complexity index is 861. The molecule has 116 valence electrons. The van der Waals surface area contributed by atoms with Crippen LogP contribution in [0.4, 0.5) is 0 Å². The molecule has 3 heteroatoms. The van der Waals surface area contributed by atoms with Crippen molar-refractivity contribution in [3.05, 3.63) is 70.9 Å². The average molecular weight is 304 g/mol. The first-order valence-electron chi connectivity index (χ1n) is 8.12. The highest BCUT2D eigenvalue weighted by molar-refractivity contribution is 5.86. The van der Waals surface area contributed by atoms with Gasteiger partial charge in [-0.2, -0.15) is 0 Å². The lowest BCUT2D eigenvalue weighted by molar-refractivity contribution is -0.131. The van der Waals surface area contributed by atoms with E-state index in [1.165, 1.54) is 27.7 Å². The van der Waals surface area contributed by atoms with Gasteiger partial charge in [-0.3, -0.25) is 4.79 Å². The Kier molecular flexibility index (Phi) is 3.41. The first kappa shape index (κ1) is 14.1. The molecule has 1 aromatic heterocycles. The smallest absolute Gasteiger partial charge is 0.227 e. The molecular formula is C20H20N2O. The largest absolute Gasteiger partial charge is 0.358 e. The number of hydrogen-bond donors (Lipinski definition) is 1. The highest BCUT2D eigenvalue weighted by Gasteiger charge is 2.23. The standard InChI is InChI=1S/C20H20N2O/c1-14-6-8-15(9-7-14)12-20(23)22-11-10-19-17(13-22)16-4-2-3-5-18(16)21-19/h2-9,21H,10-13H2,1H3. The molecule has 1 aliphatic heterocycles. The molecule has 0 bridgehead atoms.